The molecule has 0 aliphatic carbocycles. The van der Waals surface area contributed by atoms with E-state index in [0.29, 0.717) is 11.5 Å². The first-order valence-electron chi connectivity index (χ1n) is 8.54. The lowest BCUT2D eigenvalue weighted by Crippen LogP contribution is -2.20. The van der Waals surface area contributed by atoms with Gasteiger partial charge in [-0.1, -0.05) is 11.8 Å². The van der Waals surface area contributed by atoms with Gasteiger partial charge in [0, 0.05) is 24.2 Å². The smallest absolute Gasteiger partial charge is 0.221 e. The van der Waals surface area contributed by atoms with Crippen LogP contribution in [-0.4, -0.2) is 34.6 Å². The summed E-state index contributed by atoms with van der Waals surface area (Å²) in [5, 5.41) is 10.6. The Morgan fingerprint density at radius 3 is 2.71 bits per heavy atom. The highest BCUT2D eigenvalue weighted by molar-refractivity contribution is 5.79. The van der Waals surface area contributed by atoms with Gasteiger partial charge in [-0.05, 0) is 38.1 Å². The third-order valence-corrected chi connectivity index (χ3v) is 4.22. The first-order valence-corrected chi connectivity index (χ1v) is 8.54. The largest absolute Gasteiger partial charge is 0.372 e. The van der Waals surface area contributed by atoms with Crippen LogP contribution in [0.4, 0.5) is 5.95 Å². The van der Waals surface area contributed by atoms with Crippen LogP contribution in [0.5, 0.6) is 0 Å². The Labute approximate surface area is 161 Å². The minimum atomic E-state index is -1.42. The van der Waals surface area contributed by atoms with Crippen molar-refractivity contribution in [2.45, 2.75) is 19.4 Å². The van der Waals surface area contributed by atoms with Crippen LogP contribution in [0.1, 0.15) is 24.0 Å². The SMILES string of the molecule is Cc1nc2ccc(C#CC(C)(O)c3cnccn3)cc2n1-c1ccnc(N)n1. The molecule has 0 spiro atoms. The molecule has 8 heteroatoms. The van der Waals surface area contributed by atoms with E-state index in [1.54, 1.807) is 25.4 Å². The van der Waals surface area contributed by atoms with Gasteiger partial charge in [0.15, 0.2) is 5.60 Å². The minimum Gasteiger partial charge on any atom is -0.372 e. The van der Waals surface area contributed by atoms with Gasteiger partial charge in [-0.2, -0.15) is 4.98 Å². The molecule has 3 aromatic heterocycles. The van der Waals surface area contributed by atoms with Crippen LogP contribution in [0.25, 0.3) is 16.9 Å². The van der Waals surface area contributed by atoms with Gasteiger partial charge in [0.05, 0.1) is 17.2 Å². The molecule has 0 saturated carbocycles. The number of rotatable bonds is 2. The number of anilines is 1. The molecule has 0 radical (unpaired) electrons. The molecule has 3 heterocycles. The van der Waals surface area contributed by atoms with Crippen LogP contribution in [0.3, 0.4) is 0 Å². The molecule has 8 nitrogen and oxygen atoms in total. The van der Waals surface area contributed by atoms with Gasteiger partial charge in [0.1, 0.15) is 17.3 Å². The van der Waals surface area contributed by atoms with Crippen molar-refractivity contribution >= 4 is 17.0 Å². The van der Waals surface area contributed by atoms with Crippen molar-refractivity contribution in [3.05, 3.63) is 66.1 Å². The summed E-state index contributed by atoms with van der Waals surface area (Å²) in [4.78, 5) is 20.9. The van der Waals surface area contributed by atoms with E-state index >= 15 is 0 Å². The lowest BCUT2D eigenvalue weighted by molar-refractivity contribution is 0.117. The van der Waals surface area contributed by atoms with Gasteiger partial charge >= 0.3 is 0 Å². The van der Waals surface area contributed by atoms with Crippen LogP contribution < -0.4 is 5.73 Å². The number of hydrogen-bond donors (Lipinski definition) is 2. The Balaban J connectivity index is 1.78. The molecule has 4 rings (SSSR count). The fraction of sp³-hybridized carbons (Fsp3) is 0.150. The molecule has 138 valence electrons. The van der Waals surface area contributed by atoms with E-state index in [1.165, 1.54) is 12.4 Å². The maximum Gasteiger partial charge on any atom is 0.221 e. The van der Waals surface area contributed by atoms with E-state index in [-0.39, 0.29) is 5.95 Å². The minimum absolute atomic E-state index is 0.190. The summed E-state index contributed by atoms with van der Waals surface area (Å²) in [6, 6.07) is 7.40. The van der Waals surface area contributed by atoms with Gasteiger partial charge in [-0.25, -0.2) is 9.97 Å². The second-order valence-electron chi connectivity index (χ2n) is 6.38. The number of benzene rings is 1. The summed E-state index contributed by atoms with van der Waals surface area (Å²) < 4.78 is 1.89. The molecule has 0 aliphatic heterocycles. The van der Waals surface area contributed by atoms with Gasteiger partial charge in [-0.3, -0.25) is 14.5 Å². The lowest BCUT2D eigenvalue weighted by atomic mass is 10.0. The quantitative estimate of drug-likeness (QED) is 0.516. The maximum absolute atomic E-state index is 10.6. The Morgan fingerprint density at radius 1 is 1.11 bits per heavy atom. The average Bonchev–Trinajstić information content (AvgIpc) is 3.02. The monoisotopic (exact) mass is 371 g/mol. The summed E-state index contributed by atoms with van der Waals surface area (Å²) in [6.07, 6.45) is 6.16. The number of aliphatic hydroxyl groups is 1. The number of nitrogens with two attached hydrogens (primary N) is 1. The summed E-state index contributed by atoms with van der Waals surface area (Å²) >= 11 is 0. The van der Waals surface area contributed by atoms with Crippen molar-refractivity contribution < 1.29 is 5.11 Å². The Kier molecular flexibility index (Phi) is 4.22. The topological polar surface area (TPSA) is 116 Å². The molecule has 28 heavy (non-hydrogen) atoms. The second kappa shape index (κ2) is 6.72. The molecule has 0 saturated heterocycles. The highest BCUT2D eigenvalue weighted by Crippen LogP contribution is 2.22. The summed E-state index contributed by atoms with van der Waals surface area (Å²) in [5.41, 5.74) is 7.06. The van der Waals surface area contributed by atoms with E-state index in [9.17, 15) is 5.11 Å². The molecule has 0 aliphatic rings. The van der Waals surface area contributed by atoms with E-state index < -0.39 is 5.60 Å². The highest BCUT2D eigenvalue weighted by atomic mass is 16.3. The molecular weight excluding hydrogens is 354 g/mol. The Hall–Kier alpha value is -3.83. The summed E-state index contributed by atoms with van der Waals surface area (Å²) in [7, 11) is 0. The molecule has 0 bridgehead atoms. The summed E-state index contributed by atoms with van der Waals surface area (Å²) in [5.74, 6) is 7.45. The van der Waals surface area contributed by atoms with Crippen molar-refractivity contribution in [1.29, 1.82) is 0 Å². The molecule has 4 aromatic rings. The molecule has 1 atom stereocenters. The van der Waals surface area contributed by atoms with E-state index in [4.69, 9.17) is 5.73 Å². The molecule has 3 N–H and O–H groups in total. The fourth-order valence-corrected chi connectivity index (χ4v) is 2.86. The average molecular weight is 371 g/mol. The van der Waals surface area contributed by atoms with Crippen LogP contribution in [-0.2, 0) is 5.60 Å². The Morgan fingerprint density at radius 2 is 1.96 bits per heavy atom. The highest BCUT2D eigenvalue weighted by Gasteiger charge is 2.21. The normalized spacial score (nSPS) is 13.0. The van der Waals surface area contributed by atoms with Crippen LogP contribution in [0.15, 0.2) is 49.1 Å². The first kappa shape index (κ1) is 17.6. The van der Waals surface area contributed by atoms with E-state index in [1.807, 2.05) is 29.7 Å². The molecule has 0 fully saturated rings. The van der Waals surface area contributed by atoms with Gasteiger partial charge < -0.3 is 10.8 Å². The third-order valence-electron chi connectivity index (χ3n) is 4.22. The van der Waals surface area contributed by atoms with E-state index in [2.05, 4.69) is 36.8 Å². The maximum atomic E-state index is 10.6. The fourth-order valence-electron chi connectivity index (χ4n) is 2.86. The lowest BCUT2D eigenvalue weighted by Gasteiger charge is -2.14. The number of nitrogens with zero attached hydrogens (tertiary/aromatic N) is 6. The van der Waals surface area contributed by atoms with Gasteiger partial charge in [0.25, 0.3) is 0 Å². The zero-order valence-electron chi connectivity index (χ0n) is 15.3. The van der Waals surface area contributed by atoms with E-state index in [0.717, 1.165) is 22.4 Å². The predicted molar refractivity (Wildman–Crippen MR) is 104 cm³/mol. The molecule has 1 unspecified atom stereocenters. The van der Waals surface area contributed by atoms with Crippen molar-refractivity contribution in [2.75, 3.05) is 5.73 Å². The molecule has 1 aromatic carbocycles. The number of aromatic nitrogens is 6. The van der Waals surface area contributed by atoms with Crippen molar-refractivity contribution in [2.24, 2.45) is 0 Å². The van der Waals surface area contributed by atoms with Gasteiger partial charge in [-0.15, -0.1) is 0 Å². The van der Waals surface area contributed by atoms with Crippen LogP contribution >= 0.6 is 0 Å². The predicted octanol–water partition coefficient (Wildman–Crippen LogP) is 1.76. The van der Waals surface area contributed by atoms with Crippen LogP contribution in [0.2, 0.25) is 0 Å². The number of fused-ring (bicyclic) bond motifs is 1. The second-order valence-corrected chi connectivity index (χ2v) is 6.38. The zero-order chi connectivity index (χ0) is 19.7. The molecular formula is C20H17N7O. The van der Waals surface area contributed by atoms with Crippen molar-refractivity contribution in [3.63, 3.8) is 0 Å². The zero-order valence-corrected chi connectivity index (χ0v) is 15.3. The van der Waals surface area contributed by atoms with Crippen molar-refractivity contribution in [1.82, 2.24) is 29.5 Å². The van der Waals surface area contributed by atoms with Crippen LogP contribution in [0, 0.1) is 18.8 Å². The first-order chi connectivity index (χ1) is 13.4. The van der Waals surface area contributed by atoms with Gasteiger partial charge in [0.2, 0.25) is 5.95 Å². The molecule has 0 amide bonds. The standard InChI is InChI=1S/C20H17N7O/c1-13-25-15-4-3-14(5-7-20(2,28)17-12-22-9-10-23-17)11-16(15)27(13)18-6-8-24-19(21)26-18/h3-4,6,8-12,28H,1-2H3,(H2,21,24,26). The van der Waals surface area contributed by atoms with Crippen molar-refractivity contribution in [3.8, 4) is 17.7 Å². The number of hydrogen-bond acceptors (Lipinski definition) is 7. The Bertz CT molecular complexity index is 1220. The third kappa shape index (κ3) is 3.26. The summed E-state index contributed by atoms with van der Waals surface area (Å²) in [6.45, 7) is 3.48. The number of nitrogen functional groups attached to an aromatic ring is 1. The number of imidazole rings is 1. The number of aryl methyl sites for hydroxylation is 1.